The first-order chi connectivity index (χ1) is 14.6. The Morgan fingerprint density at radius 3 is 2.87 bits per heavy atom. The number of nitrogens with one attached hydrogen (secondary N) is 1. The van der Waals surface area contributed by atoms with Crippen molar-refractivity contribution in [1.82, 2.24) is 15.0 Å². The van der Waals surface area contributed by atoms with Crippen LogP contribution in [0.2, 0.25) is 0 Å². The molecule has 2 N–H and O–H groups in total. The molecule has 8 heteroatoms. The number of ether oxygens (including phenoxy) is 1. The van der Waals surface area contributed by atoms with Gasteiger partial charge in [-0.3, -0.25) is 9.78 Å². The van der Waals surface area contributed by atoms with Crippen molar-refractivity contribution >= 4 is 17.6 Å². The third-order valence-electron chi connectivity index (χ3n) is 5.00. The molecular formula is C22H23N5O3. The Hall–Kier alpha value is -3.68. The molecule has 154 valence electrons. The molecule has 0 bridgehead atoms. The number of aliphatic carboxylic acids is 1. The molecule has 0 amide bonds. The number of anilines is 2. The van der Waals surface area contributed by atoms with Crippen LogP contribution in [0.15, 0.2) is 48.7 Å². The maximum Gasteiger partial charge on any atom is 0.305 e. The number of hydrogen-bond donors (Lipinski definition) is 2. The van der Waals surface area contributed by atoms with Gasteiger partial charge < -0.3 is 20.1 Å². The van der Waals surface area contributed by atoms with Crippen molar-refractivity contribution in [3.8, 4) is 17.3 Å². The predicted molar refractivity (Wildman–Crippen MR) is 114 cm³/mol. The van der Waals surface area contributed by atoms with Crippen molar-refractivity contribution in [2.75, 3.05) is 30.4 Å². The zero-order valence-corrected chi connectivity index (χ0v) is 16.7. The first-order valence-corrected chi connectivity index (χ1v) is 9.79. The molecule has 2 aromatic heterocycles. The Bertz CT molecular complexity index is 1040. The van der Waals surface area contributed by atoms with Gasteiger partial charge in [-0.05, 0) is 41.8 Å². The van der Waals surface area contributed by atoms with E-state index in [4.69, 9.17) is 14.8 Å². The topological polar surface area (TPSA) is 100 Å². The number of nitrogens with zero attached hydrogens (tertiary/aromatic N) is 4. The van der Waals surface area contributed by atoms with Gasteiger partial charge in [0.25, 0.3) is 0 Å². The van der Waals surface area contributed by atoms with Gasteiger partial charge in [0, 0.05) is 31.9 Å². The predicted octanol–water partition coefficient (Wildman–Crippen LogP) is 3.00. The molecule has 0 saturated carbocycles. The number of benzene rings is 1. The number of fused-ring (bicyclic) bond motifs is 1. The van der Waals surface area contributed by atoms with E-state index in [1.807, 2.05) is 30.3 Å². The Balaban J connectivity index is 1.65. The van der Waals surface area contributed by atoms with Crippen LogP contribution in [0.1, 0.15) is 17.5 Å². The van der Waals surface area contributed by atoms with Crippen molar-refractivity contribution in [3.05, 3.63) is 59.8 Å². The van der Waals surface area contributed by atoms with E-state index in [1.165, 1.54) is 11.1 Å². The van der Waals surface area contributed by atoms with Gasteiger partial charge in [0.05, 0.1) is 13.5 Å². The highest BCUT2D eigenvalue weighted by atomic mass is 16.5. The average Bonchev–Trinajstić information content (AvgIpc) is 2.78. The van der Waals surface area contributed by atoms with E-state index in [-0.39, 0.29) is 13.0 Å². The number of aromatic nitrogens is 3. The summed E-state index contributed by atoms with van der Waals surface area (Å²) in [4.78, 5) is 26.7. The van der Waals surface area contributed by atoms with E-state index < -0.39 is 5.97 Å². The highest BCUT2D eigenvalue weighted by molar-refractivity contribution is 5.67. The first-order valence-electron chi connectivity index (χ1n) is 9.79. The van der Waals surface area contributed by atoms with Crippen LogP contribution in [0.25, 0.3) is 11.5 Å². The molecule has 0 atom stereocenters. The minimum Gasteiger partial charge on any atom is -0.497 e. The number of pyridine rings is 1. The van der Waals surface area contributed by atoms with E-state index >= 15 is 0 Å². The van der Waals surface area contributed by atoms with Gasteiger partial charge in [-0.1, -0.05) is 12.1 Å². The molecular weight excluding hydrogens is 382 g/mol. The maximum absolute atomic E-state index is 10.9. The normalized spacial score (nSPS) is 12.9. The summed E-state index contributed by atoms with van der Waals surface area (Å²) in [7, 11) is 1.67. The second kappa shape index (κ2) is 8.77. The van der Waals surface area contributed by atoms with Crippen molar-refractivity contribution < 1.29 is 14.6 Å². The first kappa shape index (κ1) is 19.6. The molecule has 0 spiro atoms. The molecule has 0 radical (unpaired) electrons. The lowest BCUT2D eigenvalue weighted by molar-refractivity contribution is -0.136. The van der Waals surface area contributed by atoms with Gasteiger partial charge in [-0.2, -0.15) is 0 Å². The fourth-order valence-corrected chi connectivity index (χ4v) is 3.45. The van der Waals surface area contributed by atoms with E-state index in [0.717, 1.165) is 24.5 Å². The van der Waals surface area contributed by atoms with E-state index in [0.29, 0.717) is 23.9 Å². The lowest BCUT2D eigenvalue weighted by Crippen LogP contribution is -2.31. The van der Waals surface area contributed by atoms with Gasteiger partial charge in [0.15, 0.2) is 5.82 Å². The van der Waals surface area contributed by atoms with Gasteiger partial charge >= 0.3 is 5.97 Å². The van der Waals surface area contributed by atoms with Gasteiger partial charge in [0.2, 0.25) is 0 Å². The number of carboxylic acids is 1. The summed E-state index contributed by atoms with van der Waals surface area (Å²) in [6, 6.07) is 13.6. The Morgan fingerprint density at radius 2 is 2.10 bits per heavy atom. The van der Waals surface area contributed by atoms with Gasteiger partial charge in [-0.15, -0.1) is 0 Å². The number of carboxylic acid groups (broad SMARTS) is 1. The van der Waals surface area contributed by atoms with Crippen molar-refractivity contribution in [3.63, 3.8) is 0 Å². The van der Waals surface area contributed by atoms with E-state index in [1.54, 1.807) is 13.3 Å². The molecule has 0 saturated heterocycles. The monoisotopic (exact) mass is 405 g/mol. The molecule has 3 aromatic rings. The van der Waals surface area contributed by atoms with Crippen molar-refractivity contribution in [2.45, 2.75) is 19.4 Å². The third-order valence-corrected chi connectivity index (χ3v) is 5.00. The summed E-state index contributed by atoms with van der Waals surface area (Å²) in [6.45, 7) is 1.82. The average molecular weight is 405 g/mol. The number of hydrogen-bond acceptors (Lipinski definition) is 7. The van der Waals surface area contributed by atoms with Crippen LogP contribution in [0.4, 0.5) is 11.6 Å². The van der Waals surface area contributed by atoms with Crippen LogP contribution in [0.5, 0.6) is 5.75 Å². The molecule has 0 fully saturated rings. The van der Waals surface area contributed by atoms with Gasteiger partial charge in [-0.25, -0.2) is 9.97 Å². The quantitative estimate of drug-likeness (QED) is 0.619. The summed E-state index contributed by atoms with van der Waals surface area (Å²) < 4.78 is 5.37. The summed E-state index contributed by atoms with van der Waals surface area (Å²) >= 11 is 0. The zero-order chi connectivity index (χ0) is 20.9. The second-order valence-corrected chi connectivity index (χ2v) is 7.03. The minimum absolute atomic E-state index is 0.00907. The minimum atomic E-state index is -0.858. The van der Waals surface area contributed by atoms with E-state index in [2.05, 4.69) is 32.3 Å². The molecule has 3 heterocycles. The fraction of sp³-hybridized carbons (Fsp3) is 0.273. The SMILES string of the molecule is COc1ccc2c(c1)CN(c1cc(NCCC(=O)O)nc(-c3ccccn3)n1)CC2. The summed E-state index contributed by atoms with van der Waals surface area (Å²) in [5, 5.41) is 12.0. The summed E-state index contributed by atoms with van der Waals surface area (Å²) in [5.41, 5.74) is 3.18. The molecule has 1 aliphatic rings. The molecule has 0 aliphatic carbocycles. The fourth-order valence-electron chi connectivity index (χ4n) is 3.45. The standard InChI is InChI=1S/C22H23N5O3/c1-30-17-6-5-15-8-11-27(14-16(15)12-17)20-13-19(24-10-7-21(28)29)25-22(26-20)18-4-2-3-9-23-18/h2-6,9,12-13H,7-8,10-11,14H2,1H3,(H,28,29)(H,24,25,26). The molecule has 30 heavy (non-hydrogen) atoms. The smallest absolute Gasteiger partial charge is 0.305 e. The second-order valence-electron chi connectivity index (χ2n) is 7.03. The van der Waals surface area contributed by atoms with Crippen LogP contribution in [0.3, 0.4) is 0 Å². The lowest BCUT2D eigenvalue weighted by atomic mass is 9.99. The van der Waals surface area contributed by atoms with Crippen LogP contribution >= 0.6 is 0 Å². The largest absolute Gasteiger partial charge is 0.497 e. The Labute approximate surface area is 174 Å². The van der Waals surface area contributed by atoms with Crippen LogP contribution < -0.4 is 15.0 Å². The zero-order valence-electron chi connectivity index (χ0n) is 16.7. The van der Waals surface area contributed by atoms with Crippen molar-refractivity contribution in [1.29, 1.82) is 0 Å². The molecule has 4 rings (SSSR count). The third kappa shape index (κ3) is 4.48. The van der Waals surface area contributed by atoms with Crippen LogP contribution in [0, 0.1) is 0 Å². The van der Waals surface area contributed by atoms with Gasteiger partial charge in [0.1, 0.15) is 23.1 Å². The van der Waals surface area contributed by atoms with Crippen molar-refractivity contribution in [2.24, 2.45) is 0 Å². The maximum atomic E-state index is 10.9. The Morgan fingerprint density at radius 1 is 1.20 bits per heavy atom. The molecule has 8 nitrogen and oxygen atoms in total. The number of methoxy groups -OCH3 is 1. The molecule has 0 unspecified atom stereocenters. The number of carbonyl (C=O) groups is 1. The molecule has 1 aliphatic heterocycles. The Kier molecular flexibility index (Phi) is 5.74. The summed E-state index contributed by atoms with van der Waals surface area (Å²) in [6.07, 6.45) is 2.62. The summed E-state index contributed by atoms with van der Waals surface area (Å²) in [5.74, 6) is 1.84. The van der Waals surface area contributed by atoms with Crippen LogP contribution in [-0.2, 0) is 17.8 Å². The molecule has 1 aromatic carbocycles. The number of rotatable bonds is 7. The van der Waals surface area contributed by atoms with Crippen LogP contribution in [-0.4, -0.2) is 46.2 Å². The highest BCUT2D eigenvalue weighted by Crippen LogP contribution is 2.28. The lowest BCUT2D eigenvalue weighted by Gasteiger charge is -2.30. The van der Waals surface area contributed by atoms with E-state index in [9.17, 15) is 4.79 Å². The highest BCUT2D eigenvalue weighted by Gasteiger charge is 2.20.